The number of fused-ring (bicyclic) bond motifs is 1. The van der Waals surface area contributed by atoms with Crippen LogP contribution >= 0.6 is 0 Å². The summed E-state index contributed by atoms with van der Waals surface area (Å²) in [6.45, 7) is 6.71. The Kier molecular flexibility index (Phi) is 4.24. The van der Waals surface area contributed by atoms with Gasteiger partial charge in [-0.2, -0.15) is 0 Å². The molecule has 3 rings (SSSR count). The maximum Gasteiger partial charge on any atom is 0.0709 e. The number of hydrogen-bond donors (Lipinski definition) is 0. The van der Waals surface area contributed by atoms with E-state index in [4.69, 9.17) is 4.98 Å². The summed E-state index contributed by atoms with van der Waals surface area (Å²) in [6, 6.07) is 19.5. The highest BCUT2D eigenvalue weighted by Gasteiger charge is 2.10. The van der Waals surface area contributed by atoms with Crippen molar-refractivity contribution < 1.29 is 0 Å². The first-order valence-electron chi connectivity index (χ1n) is 8.19. The van der Waals surface area contributed by atoms with Gasteiger partial charge in [0, 0.05) is 10.9 Å². The molecule has 0 atom stereocenters. The zero-order chi connectivity index (χ0) is 15.5. The summed E-state index contributed by atoms with van der Waals surface area (Å²) in [5.74, 6) is 0.638. The minimum absolute atomic E-state index is 0.638. The van der Waals surface area contributed by atoms with Crippen LogP contribution in [0.25, 0.3) is 22.2 Å². The zero-order valence-electron chi connectivity index (χ0n) is 13.6. The van der Waals surface area contributed by atoms with Gasteiger partial charge in [-0.15, -0.1) is 0 Å². The molecule has 0 amide bonds. The third-order valence-corrected chi connectivity index (χ3v) is 4.45. The van der Waals surface area contributed by atoms with Gasteiger partial charge in [-0.3, -0.25) is 0 Å². The molecule has 2 aromatic carbocycles. The highest BCUT2D eigenvalue weighted by molar-refractivity contribution is 5.81. The molecule has 0 radical (unpaired) electrons. The van der Waals surface area contributed by atoms with E-state index in [0.29, 0.717) is 5.92 Å². The predicted molar refractivity (Wildman–Crippen MR) is 95.2 cm³/mol. The van der Waals surface area contributed by atoms with Crippen molar-refractivity contribution in [2.45, 2.75) is 39.5 Å². The van der Waals surface area contributed by atoms with E-state index in [9.17, 15) is 0 Å². The van der Waals surface area contributed by atoms with Crippen LogP contribution in [0.2, 0.25) is 0 Å². The summed E-state index contributed by atoms with van der Waals surface area (Å²) >= 11 is 0. The van der Waals surface area contributed by atoms with Gasteiger partial charge in [0.25, 0.3) is 0 Å². The Morgan fingerprint density at radius 2 is 1.68 bits per heavy atom. The lowest BCUT2D eigenvalue weighted by atomic mass is 9.90. The average Bonchev–Trinajstić information content (AvgIpc) is 2.55. The van der Waals surface area contributed by atoms with Crippen LogP contribution in [0.5, 0.6) is 0 Å². The fourth-order valence-electron chi connectivity index (χ4n) is 3.18. The Balaban J connectivity index is 2.09. The Labute approximate surface area is 133 Å². The highest BCUT2D eigenvalue weighted by atomic mass is 14.7. The van der Waals surface area contributed by atoms with Crippen LogP contribution in [0.3, 0.4) is 0 Å². The van der Waals surface area contributed by atoms with E-state index in [1.807, 2.05) is 6.07 Å². The average molecular weight is 289 g/mol. The number of aromatic nitrogens is 1. The molecule has 1 heteroatoms. The second kappa shape index (κ2) is 6.31. The number of benzene rings is 2. The van der Waals surface area contributed by atoms with E-state index in [2.05, 4.69) is 69.3 Å². The normalized spacial score (nSPS) is 11.3. The number of rotatable bonds is 4. The van der Waals surface area contributed by atoms with Gasteiger partial charge >= 0.3 is 0 Å². The molecule has 0 aliphatic heterocycles. The summed E-state index contributed by atoms with van der Waals surface area (Å²) < 4.78 is 0. The number of para-hydroxylation sites is 1. The van der Waals surface area contributed by atoms with E-state index < -0.39 is 0 Å². The Bertz CT molecular complexity index is 785. The van der Waals surface area contributed by atoms with E-state index in [-0.39, 0.29) is 0 Å². The maximum atomic E-state index is 4.84. The van der Waals surface area contributed by atoms with Crippen molar-refractivity contribution >= 4 is 10.9 Å². The quantitative estimate of drug-likeness (QED) is 0.564. The lowest BCUT2D eigenvalue weighted by molar-refractivity contribution is 0.641. The highest BCUT2D eigenvalue weighted by Crippen LogP contribution is 2.29. The number of nitrogens with zero attached hydrogens (tertiary/aromatic N) is 1. The van der Waals surface area contributed by atoms with E-state index in [0.717, 1.165) is 11.2 Å². The smallest absolute Gasteiger partial charge is 0.0709 e. The van der Waals surface area contributed by atoms with Crippen LogP contribution in [-0.2, 0) is 0 Å². The predicted octanol–water partition coefficient (Wildman–Crippen LogP) is 6.11. The summed E-state index contributed by atoms with van der Waals surface area (Å²) in [6.07, 6.45) is 2.37. The molecule has 1 nitrogen and oxygen atoms in total. The van der Waals surface area contributed by atoms with Crippen LogP contribution in [0, 0.1) is 6.92 Å². The molecular weight excluding hydrogens is 266 g/mol. The van der Waals surface area contributed by atoms with Gasteiger partial charge in [0.15, 0.2) is 0 Å². The van der Waals surface area contributed by atoms with Crippen molar-refractivity contribution in [2.75, 3.05) is 0 Å². The molecule has 0 saturated carbocycles. The van der Waals surface area contributed by atoms with Crippen LogP contribution < -0.4 is 0 Å². The lowest BCUT2D eigenvalue weighted by Gasteiger charge is -2.15. The first kappa shape index (κ1) is 14.8. The number of aryl methyl sites for hydroxylation is 1. The molecule has 0 unspecified atom stereocenters. The van der Waals surface area contributed by atoms with Crippen LogP contribution in [0.4, 0.5) is 0 Å². The van der Waals surface area contributed by atoms with Gasteiger partial charge < -0.3 is 0 Å². The Hall–Kier alpha value is -2.15. The number of pyridine rings is 1. The summed E-state index contributed by atoms with van der Waals surface area (Å²) in [5, 5.41) is 1.19. The molecule has 1 heterocycles. The molecule has 112 valence electrons. The van der Waals surface area contributed by atoms with Crippen LogP contribution in [0.15, 0.2) is 54.6 Å². The molecule has 1 aromatic heterocycles. The maximum absolute atomic E-state index is 4.84. The Morgan fingerprint density at radius 1 is 0.909 bits per heavy atom. The fraction of sp³-hybridized carbons (Fsp3) is 0.286. The van der Waals surface area contributed by atoms with Gasteiger partial charge in [-0.25, -0.2) is 4.98 Å². The van der Waals surface area contributed by atoms with Crippen molar-refractivity contribution in [3.63, 3.8) is 0 Å². The standard InChI is InChI=1S/C21H23N/c1-4-16(5-2)18-12-15(3)13-19(14-18)21-11-10-17-8-6-7-9-20(17)22-21/h6-14,16H,4-5H2,1-3H3. The van der Waals surface area contributed by atoms with E-state index >= 15 is 0 Å². The number of hydrogen-bond acceptors (Lipinski definition) is 1. The van der Waals surface area contributed by atoms with Crippen molar-refractivity contribution in [1.29, 1.82) is 0 Å². The van der Waals surface area contributed by atoms with Crippen LogP contribution in [0.1, 0.15) is 43.7 Å². The molecule has 0 N–H and O–H groups in total. The molecule has 0 bridgehead atoms. The molecule has 0 fully saturated rings. The third-order valence-electron chi connectivity index (χ3n) is 4.45. The molecule has 22 heavy (non-hydrogen) atoms. The molecule has 3 aromatic rings. The second-order valence-electron chi connectivity index (χ2n) is 6.03. The SMILES string of the molecule is CCC(CC)c1cc(C)cc(-c2ccc3ccccc3n2)c1. The van der Waals surface area contributed by atoms with E-state index in [1.165, 1.54) is 34.9 Å². The van der Waals surface area contributed by atoms with E-state index in [1.54, 1.807) is 0 Å². The van der Waals surface area contributed by atoms with Gasteiger partial charge in [0.2, 0.25) is 0 Å². The monoisotopic (exact) mass is 289 g/mol. The first-order chi connectivity index (χ1) is 10.7. The molecule has 0 aliphatic rings. The van der Waals surface area contributed by atoms with Crippen molar-refractivity contribution in [2.24, 2.45) is 0 Å². The second-order valence-corrected chi connectivity index (χ2v) is 6.03. The van der Waals surface area contributed by atoms with Crippen molar-refractivity contribution in [1.82, 2.24) is 4.98 Å². The van der Waals surface area contributed by atoms with Crippen molar-refractivity contribution in [3.05, 3.63) is 65.7 Å². The van der Waals surface area contributed by atoms with Crippen molar-refractivity contribution in [3.8, 4) is 11.3 Å². The molecule has 0 spiro atoms. The molecule has 0 saturated heterocycles. The Morgan fingerprint density at radius 3 is 2.45 bits per heavy atom. The summed E-state index contributed by atoms with van der Waals surface area (Å²) in [4.78, 5) is 4.84. The summed E-state index contributed by atoms with van der Waals surface area (Å²) in [5.41, 5.74) is 6.11. The first-order valence-corrected chi connectivity index (χ1v) is 8.19. The topological polar surface area (TPSA) is 12.9 Å². The fourth-order valence-corrected chi connectivity index (χ4v) is 3.18. The van der Waals surface area contributed by atoms with Gasteiger partial charge in [0.05, 0.1) is 11.2 Å². The van der Waals surface area contributed by atoms with Gasteiger partial charge in [-0.1, -0.05) is 49.7 Å². The minimum atomic E-state index is 0.638. The zero-order valence-corrected chi connectivity index (χ0v) is 13.6. The largest absolute Gasteiger partial charge is 0.248 e. The van der Waals surface area contributed by atoms with Gasteiger partial charge in [0.1, 0.15) is 0 Å². The summed E-state index contributed by atoms with van der Waals surface area (Å²) in [7, 11) is 0. The van der Waals surface area contributed by atoms with Gasteiger partial charge in [-0.05, 0) is 55.5 Å². The molecule has 0 aliphatic carbocycles. The van der Waals surface area contributed by atoms with Crippen LogP contribution in [-0.4, -0.2) is 4.98 Å². The minimum Gasteiger partial charge on any atom is -0.248 e. The third kappa shape index (κ3) is 2.89. The molecular formula is C21H23N. The lowest BCUT2D eigenvalue weighted by Crippen LogP contribution is -1.97.